The zero-order valence-electron chi connectivity index (χ0n) is 22.5. The summed E-state index contributed by atoms with van der Waals surface area (Å²) >= 11 is 0. The number of para-hydroxylation sites is 1. The van der Waals surface area contributed by atoms with Gasteiger partial charge in [-0.2, -0.15) is 0 Å². The number of aromatic nitrogens is 1. The third-order valence-electron chi connectivity index (χ3n) is 7.02. The number of H-pyrrole nitrogens is 1. The number of carbonyl (C=O) groups excluding carboxylic acids is 2. The first-order chi connectivity index (χ1) is 18.9. The van der Waals surface area contributed by atoms with Crippen LogP contribution in [0.4, 0.5) is 0 Å². The standard InChI is InChI=1S/C31H33N3O5/c1-21(2)34(31(36)23-10-13-28-29(16-23)39-20-38-28)19-30(35)33(18-22-8-11-25(37-3)12-9-22)15-14-24-17-32-27-7-5-4-6-26(24)27/h4-13,16-17,21,32H,14-15,18-20H2,1-3H3. The minimum Gasteiger partial charge on any atom is -0.497 e. The Hall–Kier alpha value is -4.46. The number of nitrogens with zero attached hydrogens (tertiary/aromatic N) is 2. The van der Waals surface area contributed by atoms with Crippen LogP contribution in [0.5, 0.6) is 17.2 Å². The molecule has 0 saturated heterocycles. The second-order valence-corrected chi connectivity index (χ2v) is 9.87. The topological polar surface area (TPSA) is 84.1 Å². The van der Waals surface area contributed by atoms with Crippen LogP contribution in [0.1, 0.15) is 35.3 Å². The number of rotatable bonds is 10. The Kier molecular flexibility index (Phi) is 7.72. The van der Waals surface area contributed by atoms with Crippen LogP contribution in [-0.2, 0) is 17.8 Å². The van der Waals surface area contributed by atoms with E-state index in [-0.39, 0.29) is 31.2 Å². The zero-order valence-corrected chi connectivity index (χ0v) is 22.5. The summed E-state index contributed by atoms with van der Waals surface area (Å²) in [6.07, 6.45) is 2.69. The highest BCUT2D eigenvalue weighted by molar-refractivity contribution is 5.97. The summed E-state index contributed by atoms with van der Waals surface area (Å²) in [5.41, 5.74) is 3.67. The lowest BCUT2D eigenvalue weighted by Gasteiger charge is -2.30. The summed E-state index contributed by atoms with van der Waals surface area (Å²) < 4.78 is 16.1. The third-order valence-corrected chi connectivity index (χ3v) is 7.02. The van der Waals surface area contributed by atoms with Gasteiger partial charge in [0.2, 0.25) is 12.7 Å². The van der Waals surface area contributed by atoms with Crippen LogP contribution in [0.3, 0.4) is 0 Å². The number of fused-ring (bicyclic) bond motifs is 2. The van der Waals surface area contributed by atoms with Crippen molar-refractivity contribution in [2.24, 2.45) is 0 Å². The van der Waals surface area contributed by atoms with E-state index in [1.165, 1.54) is 0 Å². The lowest BCUT2D eigenvalue weighted by atomic mass is 10.1. The van der Waals surface area contributed by atoms with Crippen molar-refractivity contribution in [3.63, 3.8) is 0 Å². The van der Waals surface area contributed by atoms with Gasteiger partial charge in [0.05, 0.1) is 7.11 Å². The van der Waals surface area contributed by atoms with Gasteiger partial charge in [-0.3, -0.25) is 9.59 Å². The van der Waals surface area contributed by atoms with E-state index in [0.717, 1.165) is 27.8 Å². The monoisotopic (exact) mass is 527 g/mol. The van der Waals surface area contributed by atoms with Gasteiger partial charge in [-0.15, -0.1) is 0 Å². The summed E-state index contributed by atoms with van der Waals surface area (Å²) in [7, 11) is 1.63. The van der Waals surface area contributed by atoms with Gasteiger partial charge in [-0.1, -0.05) is 30.3 Å². The highest BCUT2D eigenvalue weighted by Gasteiger charge is 2.26. The summed E-state index contributed by atoms with van der Waals surface area (Å²) in [5.74, 6) is 1.57. The first-order valence-corrected chi connectivity index (χ1v) is 13.1. The van der Waals surface area contributed by atoms with Gasteiger partial charge < -0.3 is 29.0 Å². The number of methoxy groups -OCH3 is 1. The molecule has 0 saturated carbocycles. The predicted octanol–water partition coefficient (Wildman–Crippen LogP) is 5.03. The molecule has 2 heterocycles. The SMILES string of the molecule is COc1ccc(CN(CCc2c[nH]c3ccccc23)C(=O)CN(C(=O)c2ccc3c(c2)OCO3)C(C)C)cc1. The van der Waals surface area contributed by atoms with Crippen molar-refractivity contribution >= 4 is 22.7 Å². The number of benzene rings is 3. The number of hydrogen-bond donors (Lipinski definition) is 1. The van der Waals surface area contributed by atoms with Gasteiger partial charge in [0, 0.05) is 41.8 Å². The molecular weight excluding hydrogens is 494 g/mol. The molecule has 0 aliphatic carbocycles. The fourth-order valence-electron chi connectivity index (χ4n) is 4.77. The molecule has 202 valence electrons. The van der Waals surface area contributed by atoms with E-state index in [9.17, 15) is 9.59 Å². The Morgan fingerprint density at radius 2 is 1.77 bits per heavy atom. The molecule has 39 heavy (non-hydrogen) atoms. The van der Waals surface area contributed by atoms with E-state index in [4.69, 9.17) is 14.2 Å². The van der Waals surface area contributed by atoms with E-state index in [2.05, 4.69) is 11.1 Å². The largest absolute Gasteiger partial charge is 0.497 e. The Labute approximate surface area is 228 Å². The van der Waals surface area contributed by atoms with Crippen LogP contribution >= 0.6 is 0 Å². The molecule has 8 heteroatoms. The van der Waals surface area contributed by atoms with Crippen molar-refractivity contribution in [2.75, 3.05) is 27.0 Å². The molecular formula is C31H33N3O5. The molecule has 0 spiro atoms. The fraction of sp³-hybridized carbons (Fsp3) is 0.290. The lowest BCUT2D eigenvalue weighted by Crippen LogP contribution is -2.46. The number of amides is 2. The van der Waals surface area contributed by atoms with Crippen LogP contribution < -0.4 is 14.2 Å². The molecule has 1 aromatic heterocycles. The van der Waals surface area contributed by atoms with Crippen molar-refractivity contribution in [1.82, 2.24) is 14.8 Å². The number of nitrogens with one attached hydrogen (secondary N) is 1. The van der Waals surface area contributed by atoms with Crippen LogP contribution in [0.25, 0.3) is 10.9 Å². The minimum absolute atomic E-state index is 0.0328. The molecule has 1 N–H and O–H groups in total. The predicted molar refractivity (Wildman–Crippen MR) is 149 cm³/mol. The second-order valence-electron chi connectivity index (χ2n) is 9.87. The average molecular weight is 528 g/mol. The molecule has 0 fully saturated rings. The normalized spacial score (nSPS) is 12.1. The Bertz CT molecular complexity index is 1460. The molecule has 0 unspecified atom stereocenters. The van der Waals surface area contributed by atoms with Crippen molar-refractivity contribution < 1.29 is 23.8 Å². The van der Waals surface area contributed by atoms with E-state index < -0.39 is 0 Å². The molecule has 2 amide bonds. The summed E-state index contributed by atoms with van der Waals surface area (Å²) in [6.45, 7) is 4.87. The van der Waals surface area contributed by atoms with E-state index in [1.54, 1.807) is 30.2 Å². The van der Waals surface area contributed by atoms with Crippen LogP contribution in [-0.4, -0.2) is 59.6 Å². The molecule has 3 aromatic carbocycles. The van der Waals surface area contributed by atoms with E-state index in [1.807, 2.05) is 67.4 Å². The minimum atomic E-state index is -0.224. The number of carbonyl (C=O) groups is 2. The molecule has 5 rings (SSSR count). The van der Waals surface area contributed by atoms with Gasteiger partial charge >= 0.3 is 0 Å². The number of aromatic amines is 1. The Balaban J connectivity index is 1.35. The van der Waals surface area contributed by atoms with Crippen molar-refractivity contribution in [3.05, 3.63) is 89.6 Å². The highest BCUT2D eigenvalue weighted by Crippen LogP contribution is 2.33. The summed E-state index contributed by atoms with van der Waals surface area (Å²) in [5, 5.41) is 1.15. The smallest absolute Gasteiger partial charge is 0.254 e. The zero-order chi connectivity index (χ0) is 27.4. The van der Waals surface area contributed by atoms with Crippen molar-refractivity contribution in [3.8, 4) is 17.2 Å². The van der Waals surface area contributed by atoms with E-state index >= 15 is 0 Å². The van der Waals surface area contributed by atoms with Gasteiger partial charge in [-0.25, -0.2) is 0 Å². The Morgan fingerprint density at radius 1 is 1.00 bits per heavy atom. The van der Waals surface area contributed by atoms with Gasteiger partial charge in [-0.05, 0) is 67.8 Å². The molecule has 8 nitrogen and oxygen atoms in total. The number of hydrogen-bond acceptors (Lipinski definition) is 5. The fourth-order valence-corrected chi connectivity index (χ4v) is 4.77. The van der Waals surface area contributed by atoms with Gasteiger partial charge in [0.15, 0.2) is 11.5 Å². The Morgan fingerprint density at radius 3 is 2.54 bits per heavy atom. The number of ether oxygens (including phenoxy) is 3. The highest BCUT2D eigenvalue weighted by atomic mass is 16.7. The van der Waals surface area contributed by atoms with Gasteiger partial charge in [0.25, 0.3) is 5.91 Å². The van der Waals surface area contributed by atoms with Gasteiger partial charge in [0.1, 0.15) is 12.3 Å². The maximum Gasteiger partial charge on any atom is 0.254 e. The molecule has 1 aliphatic heterocycles. The maximum absolute atomic E-state index is 13.8. The average Bonchev–Trinajstić information content (AvgIpc) is 3.60. The first-order valence-electron chi connectivity index (χ1n) is 13.1. The molecule has 0 bridgehead atoms. The molecule has 1 aliphatic rings. The van der Waals surface area contributed by atoms with Crippen LogP contribution in [0, 0.1) is 0 Å². The summed E-state index contributed by atoms with van der Waals surface area (Å²) in [6, 6.07) is 20.8. The molecule has 0 radical (unpaired) electrons. The van der Waals surface area contributed by atoms with Crippen molar-refractivity contribution in [2.45, 2.75) is 32.9 Å². The first kappa shape index (κ1) is 26.2. The quantitative estimate of drug-likeness (QED) is 0.313. The second kappa shape index (κ2) is 11.5. The van der Waals surface area contributed by atoms with Crippen molar-refractivity contribution in [1.29, 1.82) is 0 Å². The van der Waals surface area contributed by atoms with Crippen LogP contribution in [0.2, 0.25) is 0 Å². The third kappa shape index (κ3) is 5.85. The lowest BCUT2D eigenvalue weighted by molar-refractivity contribution is -0.132. The summed E-state index contributed by atoms with van der Waals surface area (Å²) in [4.78, 5) is 34.0. The molecule has 0 atom stereocenters. The van der Waals surface area contributed by atoms with Crippen LogP contribution in [0.15, 0.2) is 72.9 Å². The molecule has 4 aromatic rings. The maximum atomic E-state index is 13.8. The van der Waals surface area contributed by atoms with E-state index in [0.29, 0.717) is 36.6 Å².